The number of hydrogen-bond acceptors (Lipinski definition) is 2. The lowest BCUT2D eigenvalue weighted by Crippen LogP contribution is -2.22. The Morgan fingerprint density at radius 3 is 2.67 bits per heavy atom. The van der Waals surface area contributed by atoms with Crippen LogP contribution in [-0.4, -0.2) is 13.1 Å². The highest BCUT2D eigenvalue weighted by atomic mass is 16.5. The van der Waals surface area contributed by atoms with E-state index in [2.05, 4.69) is 49.9 Å². The lowest BCUT2D eigenvalue weighted by atomic mass is 9.93. The molecule has 0 fully saturated rings. The zero-order chi connectivity index (χ0) is 13.1. The Morgan fingerprint density at radius 1 is 1.33 bits per heavy atom. The monoisotopic (exact) mass is 245 g/mol. The first-order valence-electron chi connectivity index (χ1n) is 6.91. The molecule has 0 bridgehead atoms. The quantitative estimate of drug-likeness (QED) is 0.786. The van der Waals surface area contributed by atoms with Gasteiger partial charge in [0, 0.05) is 31.3 Å². The molecule has 1 aliphatic rings. The van der Waals surface area contributed by atoms with E-state index in [0.717, 1.165) is 31.0 Å². The molecule has 2 nitrogen and oxygen atoms in total. The van der Waals surface area contributed by atoms with E-state index in [0.29, 0.717) is 5.92 Å². The van der Waals surface area contributed by atoms with Crippen LogP contribution < -0.4 is 9.64 Å². The lowest BCUT2D eigenvalue weighted by molar-refractivity contribution is 0.359. The van der Waals surface area contributed by atoms with Crippen molar-refractivity contribution >= 4 is 5.69 Å². The number of anilines is 1. The summed E-state index contributed by atoms with van der Waals surface area (Å²) in [5.74, 6) is 2.67. The molecule has 1 atom stereocenters. The molecule has 98 valence electrons. The van der Waals surface area contributed by atoms with Crippen molar-refractivity contribution in [3.63, 3.8) is 0 Å². The van der Waals surface area contributed by atoms with Gasteiger partial charge in [-0.1, -0.05) is 13.0 Å². The largest absolute Gasteiger partial charge is 0.462 e. The number of nitrogens with zero attached hydrogens (tertiary/aromatic N) is 1. The maximum absolute atomic E-state index is 5.97. The Morgan fingerprint density at radius 2 is 2.06 bits per heavy atom. The van der Waals surface area contributed by atoms with Gasteiger partial charge in [0.2, 0.25) is 0 Å². The van der Waals surface area contributed by atoms with Crippen LogP contribution in [0.4, 0.5) is 5.69 Å². The first-order valence-corrected chi connectivity index (χ1v) is 6.91. The lowest BCUT2D eigenvalue weighted by Gasteiger charge is -2.28. The van der Waals surface area contributed by atoms with Crippen LogP contribution in [-0.2, 0) is 0 Å². The molecule has 2 rings (SSSR count). The van der Waals surface area contributed by atoms with Gasteiger partial charge in [-0.05, 0) is 44.4 Å². The van der Waals surface area contributed by atoms with E-state index in [1.165, 1.54) is 11.3 Å². The summed E-state index contributed by atoms with van der Waals surface area (Å²) in [5, 5.41) is 0. The number of benzene rings is 1. The molecule has 0 aliphatic carbocycles. The van der Waals surface area contributed by atoms with Gasteiger partial charge in [0.25, 0.3) is 0 Å². The van der Waals surface area contributed by atoms with Crippen LogP contribution in [0.15, 0.2) is 30.0 Å². The number of ether oxygens (including phenoxy) is 1. The van der Waals surface area contributed by atoms with Crippen LogP contribution in [0.1, 0.15) is 45.6 Å². The standard InChI is InChI=1S/C16H23NO/c1-5-14-10-12(4)15-9-8-13(11-16(15)18-14)17(6-2)7-3/h5,8-9,11-12H,6-7,10H2,1-4H3/b14-5+. The van der Waals surface area contributed by atoms with Crippen molar-refractivity contribution in [3.8, 4) is 5.75 Å². The molecule has 0 saturated carbocycles. The molecule has 0 amide bonds. The third-order valence-electron chi connectivity index (χ3n) is 3.73. The second-order valence-corrected chi connectivity index (χ2v) is 4.86. The van der Waals surface area contributed by atoms with Gasteiger partial charge in [0.15, 0.2) is 0 Å². The number of hydrogen-bond donors (Lipinski definition) is 0. The maximum atomic E-state index is 5.97. The molecule has 0 spiro atoms. The van der Waals surface area contributed by atoms with Crippen molar-refractivity contribution in [2.24, 2.45) is 0 Å². The molecule has 1 aliphatic heterocycles. The van der Waals surface area contributed by atoms with Crippen molar-refractivity contribution in [1.82, 2.24) is 0 Å². The predicted octanol–water partition coefficient (Wildman–Crippen LogP) is 4.32. The Balaban J connectivity index is 2.36. The average molecular weight is 245 g/mol. The zero-order valence-corrected chi connectivity index (χ0v) is 11.9. The van der Waals surface area contributed by atoms with E-state index in [-0.39, 0.29) is 0 Å². The minimum absolute atomic E-state index is 0.547. The molecule has 18 heavy (non-hydrogen) atoms. The molecule has 0 aromatic heterocycles. The van der Waals surface area contributed by atoms with Crippen LogP contribution in [0, 0.1) is 0 Å². The smallest absolute Gasteiger partial charge is 0.132 e. The van der Waals surface area contributed by atoms with Gasteiger partial charge in [0.05, 0.1) is 0 Å². The predicted molar refractivity (Wildman–Crippen MR) is 77.4 cm³/mol. The summed E-state index contributed by atoms with van der Waals surface area (Å²) >= 11 is 0. The molecular weight excluding hydrogens is 222 g/mol. The SMILES string of the molecule is C/C=C1\CC(C)c2ccc(N(CC)CC)cc2O1. The third kappa shape index (κ3) is 2.38. The van der Waals surface area contributed by atoms with Crippen molar-refractivity contribution in [2.75, 3.05) is 18.0 Å². The minimum Gasteiger partial charge on any atom is -0.462 e. The molecule has 0 N–H and O–H groups in total. The van der Waals surface area contributed by atoms with E-state index in [9.17, 15) is 0 Å². The summed E-state index contributed by atoms with van der Waals surface area (Å²) in [6, 6.07) is 6.62. The van der Waals surface area contributed by atoms with Crippen LogP contribution in [0.5, 0.6) is 5.75 Å². The average Bonchev–Trinajstić information content (AvgIpc) is 2.39. The maximum Gasteiger partial charge on any atom is 0.132 e. The summed E-state index contributed by atoms with van der Waals surface area (Å²) in [4.78, 5) is 2.35. The Labute approximate surface area is 110 Å². The molecule has 0 radical (unpaired) electrons. The van der Waals surface area contributed by atoms with Gasteiger partial charge >= 0.3 is 0 Å². The number of fused-ring (bicyclic) bond motifs is 1. The van der Waals surface area contributed by atoms with Crippen molar-refractivity contribution in [1.29, 1.82) is 0 Å². The van der Waals surface area contributed by atoms with Crippen molar-refractivity contribution < 1.29 is 4.74 Å². The summed E-state index contributed by atoms with van der Waals surface area (Å²) in [6.07, 6.45) is 3.08. The van der Waals surface area contributed by atoms with Crippen molar-refractivity contribution in [3.05, 3.63) is 35.6 Å². The summed E-state index contributed by atoms with van der Waals surface area (Å²) in [6.45, 7) is 10.7. The second kappa shape index (κ2) is 5.47. The number of allylic oxidation sites excluding steroid dienone is 2. The van der Waals surface area contributed by atoms with E-state index >= 15 is 0 Å². The highest BCUT2D eigenvalue weighted by Gasteiger charge is 2.21. The minimum atomic E-state index is 0.547. The normalized spacial score (nSPS) is 20.4. The fraction of sp³-hybridized carbons (Fsp3) is 0.500. The number of rotatable bonds is 3. The van der Waals surface area contributed by atoms with Crippen LogP contribution in [0.3, 0.4) is 0 Å². The zero-order valence-electron chi connectivity index (χ0n) is 11.9. The molecule has 0 saturated heterocycles. The van der Waals surface area contributed by atoms with E-state index in [4.69, 9.17) is 4.74 Å². The van der Waals surface area contributed by atoms with E-state index in [1.807, 2.05) is 6.92 Å². The highest BCUT2D eigenvalue weighted by molar-refractivity contribution is 5.55. The summed E-state index contributed by atoms with van der Waals surface area (Å²) < 4.78 is 5.97. The first kappa shape index (κ1) is 13.0. The molecule has 1 heterocycles. The third-order valence-corrected chi connectivity index (χ3v) is 3.73. The fourth-order valence-electron chi connectivity index (χ4n) is 2.58. The summed E-state index contributed by atoms with van der Waals surface area (Å²) in [5.41, 5.74) is 2.58. The van der Waals surface area contributed by atoms with Gasteiger partial charge in [-0.2, -0.15) is 0 Å². The molecule has 1 unspecified atom stereocenters. The van der Waals surface area contributed by atoms with Crippen LogP contribution >= 0.6 is 0 Å². The van der Waals surface area contributed by atoms with Crippen LogP contribution in [0.25, 0.3) is 0 Å². The molecule has 1 aromatic carbocycles. The van der Waals surface area contributed by atoms with Gasteiger partial charge in [-0.25, -0.2) is 0 Å². The Hall–Kier alpha value is -1.44. The topological polar surface area (TPSA) is 12.5 Å². The second-order valence-electron chi connectivity index (χ2n) is 4.86. The molecule has 1 aromatic rings. The van der Waals surface area contributed by atoms with Crippen LogP contribution in [0.2, 0.25) is 0 Å². The Kier molecular flexibility index (Phi) is 3.95. The fourth-order valence-corrected chi connectivity index (χ4v) is 2.58. The van der Waals surface area contributed by atoms with Gasteiger partial charge in [-0.15, -0.1) is 0 Å². The van der Waals surface area contributed by atoms with Gasteiger partial charge in [-0.3, -0.25) is 0 Å². The van der Waals surface area contributed by atoms with Gasteiger partial charge < -0.3 is 9.64 Å². The highest BCUT2D eigenvalue weighted by Crippen LogP contribution is 2.39. The van der Waals surface area contributed by atoms with E-state index < -0.39 is 0 Å². The van der Waals surface area contributed by atoms with Crippen molar-refractivity contribution in [2.45, 2.75) is 40.0 Å². The Bertz CT molecular complexity index is 446. The first-order chi connectivity index (χ1) is 8.69. The van der Waals surface area contributed by atoms with Gasteiger partial charge in [0.1, 0.15) is 11.5 Å². The molecular formula is C16H23NO. The molecule has 2 heteroatoms. The summed E-state index contributed by atoms with van der Waals surface area (Å²) in [7, 11) is 0. The van der Waals surface area contributed by atoms with E-state index in [1.54, 1.807) is 0 Å².